The van der Waals surface area contributed by atoms with E-state index >= 15 is 0 Å². The van der Waals surface area contributed by atoms with Crippen molar-refractivity contribution in [3.63, 3.8) is 0 Å². The molecule has 0 saturated carbocycles. The van der Waals surface area contributed by atoms with Gasteiger partial charge in [-0.05, 0) is 103 Å². The second kappa shape index (κ2) is 11.6. The van der Waals surface area contributed by atoms with Crippen LogP contribution in [0.3, 0.4) is 0 Å². The van der Waals surface area contributed by atoms with E-state index in [9.17, 15) is 0 Å². The molecule has 0 atom stereocenters. The average Bonchev–Trinajstić information content (AvgIpc) is 3.82. The summed E-state index contributed by atoms with van der Waals surface area (Å²) in [5.74, 6) is 0. The first-order chi connectivity index (χ1) is 28.7. The Morgan fingerprint density at radius 3 is 1.33 bits per heavy atom. The smallest absolute Gasteiger partial charge is 0.0894 e. The van der Waals surface area contributed by atoms with E-state index in [1.165, 1.54) is 83.5 Å². The summed E-state index contributed by atoms with van der Waals surface area (Å²) in [7, 11) is 0. The zero-order valence-corrected chi connectivity index (χ0v) is 35.6. The van der Waals surface area contributed by atoms with Crippen LogP contribution in [0.25, 0.3) is 78.5 Å². The van der Waals surface area contributed by atoms with Gasteiger partial charge >= 0.3 is 0 Å². The molecule has 0 N–H and O–H groups in total. The second-order valence-corrected chi connectivity index (χ2v) is 19.7. The molecule has 3 nitrogen and oxygen atoms in total. The van der Waals surface area contributed by atoms with E-state index in [2.05, 4.69) is 195 Å². The molecule has 0 saturated heterocycles. The van der Waals surface area contributed by atoms with Crippen molar-refractivity contribution in [1.29, 1.82) is 0 Å². The van der Waals surface area contributed by atoms with Crippen LogP contribution in [0, 0.1) is 0 Å². The normalized spacial score (nSPS) is 16.9. The van der Waals surface area contributed by atoms with Gasteiger partial charge in [-0.1, -0.05) is 159 Å². The van der Waals surface area contributed by atoms with Crippen LogP contribution in [0.2, 0.25) is 0 Å². The fourth-order valence-corrected chi connectivity index (χ4v) is 11.4. The van der Waals surface area contributed by atoms with Crippen LogP contribution >= 0.6 is 0 Å². The second-order valence-electron chi connectivity index (χ2n) is 19.7. The molecule has 5 aromatic carbocycles. The van der Waals surface area contributed by atoms with Gasteiger partial charge in [0.2, 0.25) is 0 Å². The summed E-state index contributed by atoms with van der Waals surface area (Å²) in [6, 6.07) is 51.9. The molecular weight excluding hydrogens is 727 g/mol. The molecule has 0 unspecified atom stereocenters. The number of nitrogens with zero attached hydrogens (tertiary/aromatic N) is 3. The van der Waals surface area contributed by atoms with Crippen molar-refractivity contribution in [1.82, 2.24) is 15.0 Å². The van der Waals surface area contributed by atoms with Gasteiger partial charge in [0.15, 0.2) is 0 Å². The third kappa shape index (κ3) is 4.58. The van der Waals surface area contributed by atoms with Crippen LogP contribution < -0.4 is 0 Å². The Bertz CT molecular complexity index is 3000. The fraction of sp³-hybridized carbons (Fsp3) is 0.211. The van der Waals surface area contributed by atoms with Gasteiger partial charge in [-0.25, -0.2) is 9.97 Å². The van der Waals surface area contributed by atoms with Gasteiger partial charge in [-0.2, -0.15) is 0 Å². The molecule has 3 heteroatoms. The van der Waals surface area contributed by atoms with E-state index < -0.39 is 0 Å². The van der Waals surface area contributed by atoms with E-state index in [-0.39, 0.29) is 21.7 Å². The average molecular weight is 774 g/mol. The highest BCUT2D eigenvalue weighted by Gasteiger charge is 2.41. The molecule has 8 aromatic rings. The molecule has 4 aliphatic rings. The molecule has 0 spiro atoms. The highest BCUT2D eigenvalue weighted by Crippen LogP contribution is 2.54. The standard InChI is InChI=1S/C57H47N3/c1-54(2)43-22-18-32(33-17-20-37-35-13-9-11-15-41(35)56(5,6)47(37)31-33)29-39(43)51-45(54)24-27-49(58-51)50-28-25-46-52(59-50)40-30-34(19-23-44(40)55(46,3)4)48-26-21-38-36-14-10-12-16-42(36)57(7,8)53(38)60-48/h9-31H,1-8H3. The van der Waals surface area contributed by atoms with Crippen molar-refractivity contribution in [3.8, 4) is 78.5 Å². The summed E-state index contributed by atoms with van der Waals surface area (Å²) < 4.78 is 0. The summed E-state index contributed by atoms with van der Waals surface area (Å²) in [4.78, 5) is 16.3. The lowest BCUT2D eigenvalue weighted by Gasteiger charge is -2.22. The quantitative estimate of drug-likeness (QED) is 0.179. The van der Waals surface area contributed by atoms with Gasteiger partial charge in [-0.15, -0.1) is 0 Å². The monoisotopic (exact) mass is 773 g/mol. The lowest BCUT2D eigenvalue weighted by atomic mass is 9.81. The Labute approximate surface area is 353 Å². The van der Waals surface area contributed by atoms with Gasteiger partial charge in [-0.3, -0.25) is 4.98 Å². The van der Waals surface area contributed by atoms with E-state index in [1.807, 2.05) is 0 Å². The Morgan fingerprint density at radius 2 is 0.700 bits per heavy atom. The molecule has 0 amide bonds. The fourth-order valence-electron chi connectivity index (χ4n) is 11.4. The summed E-state index contributed by atoms with van der Waals surface area (Å²) in [5.41, 5.74) is 25.9. The predicted molar refractivity (Wildman–Crippen MR) is 246 cm³/mol. The van der Waals surface area contributed by atoms with Crippen molar-refractivity contribution < 1.29 is 0 Å². The molecule has 4 aliphatic carbocycles. The zero-order valence-electron chi connectivity index (χ0n) is 35.6. The third-order valence-corrected chi connectivity index (χ3v) is 14.9. The molecule has 60 heavy (non-hydrogen) atoms. The van der Waals surface area contributed by atoms with Crippen LogP contribution in [-0.4, -0.2) is 15.0 Å². The first-order valence-corrected chi connectivity index (χ1v) is 21.4. The highest BCUT2D eigenvalue weighted by atomic mass is 14.8. The van der Waals surface area contributed by atoms with Crippen LogP contribution in [0.4, 0.5) is 0 Å². The first-order valence-electron chi connectivity index (χ1n) is 21.4. The van der Waals surface area contributed by atoms with E-state index in [0.717, 1.165) is 39.7 Å². The first kappa shape index (κ1) is 35.5. The Morgan fingerprint density at radius 1 is 0.283 bits per heavy atom. The number of pyridine rings is 3. The maximum Gasteiger partial charge on any atom is 0.0894 e. The molecule has 0 radical (unpaired) electrons. The minimum absolute atomic E-state index is 0.0489. The maximum atomic E-state index is 5.48. The van der Waals surface area contributed by atoms with Gasteiger partial charge in [0.25, 0.3) is 0 Å². The van der Waals surface area contributed by atoms with Crippen LogP contribution in [0.15, 0.2) is 140 Å². The molecule has 3 heterocycles. The Balaban J connectivity index is 0.927. The molecule has 0 aliphatic heterocycles. The summed E-state index contributed by atoms with van der Waals surface area (Å²) in [5, 5.41) is 0. The van der Waals surface area contributed by atoms with Crippen LogP contribution in [0.1, 0.15) is 100 Å². The molecular formula is C57H47N3. The largest absolute Gasteiger partial charge is 0.251 e. The number of aromatic nitrogens is 3. The van der Waals surface area contributed by atoms with Crippen molar-refractivity contribution >= 4 is 0 Å². The zero-order chi connectivity index (χ0) is 41.1. The molecule has 290 valence electrons. The molecule has 3 aromatic heterocycles. The number of hydrogen-bond donors (Lipinski definition) is 0. The van der Waals surface area contributed by atoms with Gasteiger partial charge < -0.3 is 0 Å². The number of rotatable bonds is 3. The Kier molecular flexibility index (Phi) is 6.88. The van der Waals surface area contributed by atoms with Crippen molar-refractivity contribution in [3.05, 3.63) is 184 Å². The minimum atomic E-state index is -0.177. The van der Waals surface area contributed by atoms with E-state index in [0.29, 0.717) is 0 Å². The lowest BCUT2D eigenvalue weighted by Crippen LogP contribution is -2.17. The van der Waals surface area contributed by atoms with E-state index in [1.54, 1.807) is 0 Å². The van der Waals surface area contributed by atoms with Crippen LogP contribution in [-0.2, 0) is 21.7 Å². The van der Waals surface area contributed by atoms with Crippen LogP contribution in [0.5, 0.6) is 0 Å². The Hall–Kier alpha value is -6.45. The molecule has 12 rings (SSSR count). The molecule has 0 fully saturated rings. The summed E-state index contributed by atoms with van der Waals surface area (Å²) in [6.07, 6.45) is 0. The third-order valence-electron chi connectivity index (χ3n) is 14.9. The summed E-state index contributed by atoms with van der Waals surface area (Å²) in [6.45, 7) is 18.6. The summed E-state index contributed by atoms with van der Waals surface area (Å²) >= 11 is 0. The van der Waals surface area contributed by atoms with Gasteiger partial charge in [0.1, 0.15) is 0 Å². The lowest BCUT2D eigenvalue weighted by molar-refractivity contribution is 0.638. The van der Waals surface area contributed by atoms with Gasteiger partial charge in [0, 0.05) is 43.9 Å². The minimum Gasteiger partial charge on any atom is -0.251 e. The van der Waals surface area contributed by atoms with Crippen molar-refractivity contribution in [2.24, 2.45) is 0 Å². The topological polar surface area (TPSA) is 38.7 Å². The van der Waals surface area contributed by atoms with Crippen molar-refractivity contribution in [2.75, 3.05) is 0 Å². The predicted octanol–water partition coefficient (Wildman–Crippen LogP) is 14.1. The highest BCUT2D eigenvalue weighted by molar-refractivity contribution is 5.88. The number of fused-ring (bicyclic) bond motifs is 12. The van der Waals surface area contributed by atoms with Gasteiger partial charge in [0.05, 0.1) is 34.2 Å². The number of benzene rings is 5. The maximum absolute atomic E-state index is 5.48. The van der Waals surface area contributed by atoms with Crippen molar-refractivity contribution in [2.45, 2.75) is 77.0 Å². The van der Waals surface area contributed by atoms with E-state index in [4.69, 9.17) is 15.0 Å². The molecule has 0 bridgehead atoms. The SMILES string of the molecule is CC1(C)c2ccccc2-c2ccc(-c3ccc4c(c3)-c3nc(-c5ccc6c(n5)-c5cc(-c7ccc8c(n7)C(C)(C)c7ccccc7-8)ccc5C6(C)C)ccc3C4(C)C)cc21. The number of hydrogen-bond acceptors (Lipinski definition) is 3.